The van der Waals surface area contributed by atoms with Gasteiger partial charge in [0.2, 0.25) is 10.0 Å². The summed E-state index contributed by atoms with van der Waals surface area (Å²) in [5.74, 6) is -0.422. The molecule has 2 aromatic carbocycles. The lowest BCUT2D eigenvalue weighted by Gasteiger charge is -2.30. The third-order valence-corrected chi connectivity index (χ3v) is 5.94. The van der Waals surface area contributed by atoms with Gasteiger partial charge in [0.1, 0.15) is 0 Å². The largest absolute Gasteiger partial charge is 0.388 e. The summed E-state index contributed by atoms with van der Waals surface area (Å²) in [6.45, 7) is 4.03. The summed E-state index contributed by atoms with van der Waals surface area (Å²) < 4.78 is 29.0. The van der Waals surface area contributed by atoms with Gasteiger partial charge in [-0.3, -0.25) is 4.79 Å². The van der Waals surface area contributed by atoms with E-state index >= 15 is 0 Å². The second-order valence-corrected chi connectivity index (χ2v) is 8.92. The number of anilines is 1. The minimum absolute atomic E-state index is 0.123. The Labute approximate surface area is 176 Å². The normalized spacial score (nSPS) is 16.7. The Kier molecular flexibility index (Phi) is 7.09. The van der Waals surface area contributed by atoms with Crippen molar-refractivity contribution in [3.05, 3.63) is 59.7 Å². The lowest BCUT2D eigenvalue weighted by atomic mass is 10.0. The zero-order valence-corrected chi connectivity index (χ0v) is 17.6. The average molecular weight is 434 g/mol. The highest BCUT2D eigenvalue weighted by molar-refractivity contribution is 7.89. The highest BCUT2D eigenvalue weighted by Gasteiger charge is 2.23. The topological polar surface area (TPSA) is 122 Å². The van der Waals surface area contributed by atoms with Crippen LogP contribution in [0.2, 0.25) is 0 Å². The highest BCUT2D eigenvalue weighted by Crippen LogP contribution is 2.25. The molecule has 2 unspecified atom stereocenters. The minimum atomic E-state index is -3.95. The molecule has 162 valence electrons. The molecule has 1 amide bonds. The van der Waals surface area contributed by atoms with Crippen molar-refractivity contribution >= 4 is 21.6 Å². The summed E-state index contributed by atoms with van der Waals surface area (Å²) in [6.07, 6.45) is -0.409. The molecule has 0 aromatic heterocycles. The minimum Gasteiger partial charge on any atom is -0.388 e. The number of hydrogen-bond donors (Lipinski definition) is 3. The van der Waals surface area contributed by atoms with Crippen LogP contribution in [-0.2, 0) is 14.8 Å². The van der Waals surface area contributed by atoms with E-state index < -0.39 is 22.0 Å². The van der Waals surface area contributed by atoms with Gasteiger partial charge in [-0.15, -0.1) is 0 Å². The Bertz CT molecular complexity index is 975. The number of rotatable bonds is 7. The maximum Gasteiger partial charge on any atom is 0.253 e. The number of amides is 1. The molecule has 2 atom stereocenters. The van der Waals surface area contributed by atoms with Crippen LogP contribution in [0, 0.1) is 0 Å². The first-order valence-electron chi connectivity index (χ1n) is 9.79. The molecule has 1 fully saturated rings. The Morgan fingerprint density at radius 1 is 1.20 bits per heavy atom. The first-order valence-corrected chi connectivity index (χ1v) is 11.3. The number of primary sulfonamides is 1. The number of carbonyl (C=O) groups is 1. The number of ether oxygens (including phenoxy) is 1. The number of aliphatic hydroxyl groups excluding tert-OH is 1. The number of nitrogens with two attached hydrogens (primary N) is 1. The fraction of sp³-hybridized carbons (Fsp3) is 0.381. The van der Waals surface area contributed by atoms with Gasteiger partial charge in [-0.2, -0.15) is 0 Å². The molecule has 1 saturated heterocycles. The summed E-state index contributed by atoms with van der Waals surface area (Å²) in [7, 11) is -3.95. The van der Waals surface area contributed by atoms with Crippen LogP contribution >= 0.6 is 0 Å². The molecule has 30 heavy (non-hydrogen) atoms. The number of nitrogens with zero attached hydrogens (tertiary/aromatic N) is 1. The fourth-order valence-corrected chi connectivity index (χ4v) is 4.00. The summed E-state index contributed by atoms with van der Waals surface area (Å²) in [5, 5.41) is 18.5. The predicted octanol–water partition coefficient (Wildman–Crippen LogP) is 1.41. The van der Waals surface area contributed by atoms with Crippen LogP contribution < -0.4 is 15.4 Å². The van der Waals surface area contributed by atoms with Crippen molar-refractivity contribution in [3.8, 4) is 0 Å². The zero-order chi connectivity index (χ0) is 21.7. The standard InChI is InChI=1S/C21H27N3O5S/c1-15(13-20(25)16-5-3-2-4-6-16)23-21(26)18-14-17(30(22,27)28)7-8-19(18)24-9-11-29-12-10-24/h2-8,14-15,20,25H,9-13H2,1H3,(H,23,26)(H2,22,27,28). The molecule has 0 aliphatic carbocycles. The van der Waals surface area contributed by atoms with Crippen molar-refractivity contribution in [2.24, 2.45) is 5.14 Å². The third-order valence-electron chi connectivity index (χ3n) is 5.03. The van der Waals surface area contributed by atoms with Crippen molar-refractivity contribution in [2.45, 2.75) is 30.4 Å². The Morgan fingerprint density at radius 3 is 2.50 bits per heavy atom. The van der Waals surface area contributed by atoms with Crippen molar-refractivity contribution in [1.29, 1.82) is 0 Å². The summed E-state index contributed by atoms with van der Waals surface area (Å²) in [4.78, 5) is 14.9. The van der Waals surface area contributed by atoms with E-state index in [4.69, 9.17) is 9.88 Å². The Balaban J connectivity index is 1.80. The maximum absolute atomic E-state index is 13.0. The van der Waals surface area contributed by atoms with Gasteiger partial charge in [0, 0.05) is 24.8 Å². The number of hydrogen-bond acceptors (Lipinski definition) is 6. The molecule has 8 nitrogen and oxygen atoms in total. The molecule has 3 rings (SSSR count). The third kappa shape index (κ3) is 5.57. The first-order chi connectivity index (χ1) is 14.3. The molecular formula is C21H27N3O5S. The van der Waals surface area contributed by atoms with Gasteiger partial charge in [-0.25, -0.2) is 13.6 Å². The molecule has 4 N–H and O–H groups in total. The van der Waals surface area contributed by atoms with E-state index in [1.165, 1.54) is 12.1 Å². The lowest BCUT2D eigenvalue weighted by Crippen LogP contribution is -2.39. The summed E-state index contributed by atoms with van der Waals surface area (Å²) in [5.41, 5.74) is 1.62. The molecule has 0 saturated carbocycles. The second-order valence-electron chi connectivity index (χ2n) is 7.36. The smallest absolute Gasteiger partial charge is 0.253 e. The highest BCUT2D eigenvalue weighted by atomic mass is 32.2. The number of sulfonamides is 1. The van der Waals surface area contributed by atoms with E-state index in [0.29, 0.717) is 38.4 Å². The van der Waals surface area contributed by atoms with Crippen LogP contribution in [0.15, 0.2) is 53.4 Å². The van der Waals surface area contributed by atoms with Gasteiger partial charge in [0.25, 0.3) is 5.91 Å². The fourth-order valence-electron chi connectivity index (χ4n) is 3.46. The SMILES string of the molecule is CC(CC(O)c1ccccc1)NC(=O)c1cc(S(N)(=O)=O)ccc1N1CCOCC1. The van der Waals surface area contributed by atoms with E-state index in [1.54, 1.807) is 13.0 Å². The molecule has 1 heterocycles. The molecule has 2 aromatic rings. The van der Waals surface area contributed by atoms with Crippen molar-refractivity contribution in [2.75, 3.05) is 31.2 Å². The van der Waals surface area contributed by atoms with Crippen molar-refractivity contribution in [1.82, 2.24) is 5.32 Å². The molecular weight excluding hydrogens is 406 g/mol. The Morgan fingerprint density at radius 2 is 1.87 bits per heavy atom. The average Bonchev–Trinajstić information content (AvgIpc) is 2.73. The summed E-state index contributed by atoms with van der Waals surface area (Å²) in [6, 6.07) is 13.2. The van der Waals surface area contributed by atoms with Crippen LogP contribution in [0.25, 0.3) is 0 Å². The second kappa shape index (κ2) is 9.57. The van der Waals surface area contributed by atoms with Crippen LogP contribution in [0.1, 0.15) is 35.4 Å². The van der Waals surface area contributed by atoms with E-state index in [1.807, 2.05) is 35.2 Å². The van der Waals surface area contributed by atoms with Crippen LogP contribution in [0.5, 0.6) is 0 Å². The van der Waals surface area contributed by atoms with E-state index in [2.05, 4.69) is 5.32 Å². The monoisotopic (exact) mass is 433 g/mol. The molecule has 0 radical (unpaired) electrons. The first kappa shape index (κ1) is 22.2. The molecule has 0 spiro atoms. The van der Waals surface area contributed by atoms with Gasteiger partial charge in [-0.05, 0) is 37.1 Å². The van der Waals surface area contributed by atoms with Crippen molar-refractivity contribution in [3.63, 3.8) is 0 Å². The van der Waals surface area contributed by atoms with Crippen LogP contribution in [0.4, 0.5) is 5.69 Å². The molecule has 1 aliphatic rings. The number of carbonyl (C=O) groups excluding carboxylic acids is 1. The van der Waals surface area contributed by atoms with Gasteiger partial charge >= 0.3 is 0 Å². The molecule has 9 heteroatoms. The number of benzene rings is 2. The van der Waals surface area contributed by atoms with Gasteiger partial charge < -0.3 is 20.1 Å². The summed E-state index contributed by atoms with van der Waals surface area (Å²) >= 11 is 0. The van der Waals surface area contributed by atoms with Crippen LogP contribution in [-0.4, -0.2) is 51.8 Å². The lowest BCUT2D eigenvalue weighted by molar-refractivity contribution is 0.0915. The van der Waals surface area contributed by atoms with Crippen LogP contribution in [0.3, 0.4) is 0 Å². The maximum atomic E-state index is 13.0. The van der Waals surface area contributed by atoms with Crippen molar-refractivity contribution < 1.29 is 23.1 Å². The number of morpholine rings is 1. The van der Waals surface area contributed by atoms with E-state index in [9.17, 15) is 18.3 Å². The number of aliphatic hydroxyl groups is 1. The van der Waals surface area contributed by atoms with E-state index in [0.717, 1.165) is 5.56 Å². The quantitative estimate of drug-likeness (QED) is 0.607. The predicted molar refractivity (Wildman–Crippen MR) is 114 cm³/mol. The van der Waals surface area contributed by atoms with Gasteiger partial charge in [0.15, 0.2) is 0 Å². The van der Waals surface area contributed by atoms with E-state index in [-0.39, 0.29) is 16.5 Å². The molecule has 1 aliphatic heterocycles. The Hall–Kier alpha value is -2.46. The zero-order valence-electron chi connectivity index (χ0n) is 16.8. The molecule has 0 bridgehead atoms. The van der Waals surface area contributed by atoms with Gasteiger partial charge in [-0.1, -0.05) is 30.3 Å². The van der Waals surface area contributed by atoms with Gasteiger partial charge in [0.05, 0.1) is 29.8 Å². The number of nitrogens with one attached hydrogen (secondary N) is 1.